The summed E-state index contributed by atoms with van der Waals surface area (Å²) in [4.78, 5) is 31.0. The zero-order chi connectivity index (χ0) is 21.1. The van der Waals surface area contributed by atoms with Crippen molar-refractivity contribution in [3.05, 3.63) is 70.1 Å². The van der Waals surface area contributed by atoms with E-state index in [-0.39, 0.29) is 11.5 Å². The number of anilines is 3. The lowest BCUT2D eigenvalue weighted by Crippen LogP contribution is -2.22. The molecule has 8 nitrogen and oxygen atoms in total. The maximum absolute atomic E-state index is 12.8. The SMILES string of the molecule is C=CCn1c(SCc2nc(N)nc(Nc3ccccc3C)n2)nc2sccc2c1=O. The van der Waals surface area contributed by atoms with Crippen molar-refractivity contribution < 1.29 is 0 Å². The van der Waals surface area contributed by atoms with E-state index < -0.39 is 0 Å². The van der Waals surface area contributed by atoms with Crippen LogP contribution in [0.3, 0.4) is 0 Å². The first-order valence-electron chi connectivity index (χ1n) is 9.10. The van der Waals surface area contributed by atoms with Crippen molar-refractivity contribution in [1.29, 1.82) is 0 Å². The Morgan fingerprint density at radius 3 is 2.87 bits per heavy atom. The highest BCUT2D eigenvalue weighted by atomic mass is 32.2. The second-order valence-electron chi connectivity index (χ2n) is 6.40. The standard InChI is InChI=1S/C20H19N7OS2/c1-3-9-27-17(28)13-8-10-29-16(13)25-20(27)30-11-15-23-18(21)26-19(24-15)22-14-7-5-4-6-12(14)2/h3-8,10H,1,9,11H2,2H3,(H3,21,22,23,24,26). The summed E-state index contributed by atoms with van der Waals surface area (Å²) >= 11 is 2.81. The van der Waals surface area contributed by atoms with E-state index in [0.717, 1.165) is 11.3 Å². The van der Waals surface area contributed by atoms with E-state index >= 15 is 0 Å². The Labute approximate surface area is 180 Å². The summed E-state index contributed by atoms with van der Waals surface area (Å²) in [6.07, 6.45) is 1.68. The van der Waals surface area contributed by atoms with Crippen molar-refractivity contribution in [3.8, 4) is 0 Å². The highest BCUT2D eigenvalue weighted by Crippen LogP contribution is 2.24. The summed E-state index contributed by atoms with van der Waals surface area (Å²) in [5.74, 6) is 1.38. The first-order chi connectivity index (χ1) is 14.5. The summed E-state index contributed by atoms with van der Waals surface area (Å²) in [5, 5.41) is 6.24. The molecule has 10 heteroatoms. The van der Waals surface area contributed by atoms with Crippen LogP contribution in [0.15, 0.2) is 58.3 Å². The van der Waals surface area contributed by atoms with Gasteiger partial charge in [0.05, 0.1) is 11.1 Å². The molecule has 152 valence electrons. The minimum atomic E-state index is -0.0827. The molecule has 30 heavy (non-hydrogen) atoms. The summed E-state index contributed by atoms with van der Waals surface area (Å²) in [6.45, 7) is 6.11. The molecule has 4 aromatic rings. The fraction of sp³-hybridized carbons (Fsp3) is 0.150. The van der Waals surface area contributed by atoms with E-state index in [2.05, 4.69) is 31.8 Å². The maximum Gasteiger partial charge on any atom is 0.263 e. The predicted octanol–water partition coefficient (Wildman–Crippen LogP) is 3.76. The molecule has 0 radical (unpaired) electrons. The molecular formula is C20H19N7OS2. The smallest absolute Gasteiger partial charge is 0.263 e. The molecular weight excluding hydrogens is 418 g/mol. The van der Waals surface area contributed by atoms with Gasteiger partial charge in [-0.1, -0.05) is 36.0 Å². The number of hydrogen-bond acceptors (Lipinski definition) is 9. The summed E-state index contributed by atoms with van der Waals surface area (Å²) in [5.41, 5.74) is 7.76. The third-order valence-electron chi connectivity index (χ3n) is 4.28. The Bertz CT molecular complexity index is 1280. The third-order valence-corrected chi connectivity index (χ3v) is 6.06. The number of benzene rings is 1. The van der Waals surface area contributed by atoms with Crippen LogP contribution >= 0.6 is 23.1 Å². The Balaban J connectivity index is 1.60. The first-order valence-corrected chi connectivity index (χ1v) is 11.0. The highest BCUT2D eigenvalue weighted by molar-refractivity contribution is 7.98. The van der Waals surface area contributed by atoms with Gasteiger partial charge >= 0.3 is 0 Å². The van der Waals surface area contributed by atoms with Crippen molar-refractivity contribution in [1.82, 2.24) is 24.5 Å². The number of hydrogen-bond donors (Lipinski definition) is 2. The average molecular weight is 438 g/mol. The van der Waals surface area contributed by atoms with Crippen LogP contribution in [0, 0.1) is 6.92 Å². The number of nitrogen functional groups attached to an aromatic ring is 1. The van der Waals surface area contributed by atoms with E-state index in [4.69, 9.17) is 5.73 Å². The molecule has 0 atom stereocenters. The number of nitrogens with two attached hydrogens (primary N) is 1. The Morgan fingerprint density at radius 2 is 2.07 bits per heavy atom. The van der Waals surface area contributed by atoms with E-state index in [1.54, 1.807) is 16.7 Å². The van der Waals surface area contributed by atoms with E-state index in [9.17, 15) is 4.79 Å². The first kappa shape index (κ1) is 20.0. The van der Waals surface area contributed by atoms with Gasteiger partial charge in [-0.05, 0) is 30.0 Å². The molecule has 0 aliphatic heterocycles. The highest BCUT2D eigenvalue weighted by Gasteiger charge is 2.13. The fourth-order valence-electron chi connectivity index (χ4n) is 2.85. The summed E-state index contributed by atoms with van der Waals surface area (Å²) in [6, 6.07) is 9.62. The van der Waals surface area contributed by atoms with Crippen molar-refractivity contribution in [2.45, 2.75) is 24.4 Å². The number of rotatable bonds is 7. The number of thioether (sulfide) groups is 1. The Kier molecular flexibility index (Phi) is 5.77. The van der Waals surface area contributed by atoms with Gasteiger partial charge in [0.1, 0.15) is 10.7 Å². The molecule has 0 unspecified atom stereocenters. The molecule has 3 heterocycles. The molecule has 0 bridgehead atoms. The molecule has 0 amide bonds. The second-order valence-corrected chi connectivity index (χ2v) is 8.24. The lowest BCUT2D eigenvalue weighted by Gasteiger charge is -2.11. The van der Waals surface area contributed by atoms with Crippen LogP contribution in [0.2, 0.25) is 0 Å². The van der Waals surface area contributed by atoms with Crippen molar-refractivity contribution in [2.75, 3.05) is 11.1 Å². The third kappa shape index (κ3) is 4.19. The van der Waals surface area contributed by atoms with Crippen LogP contribution in [-0.2, 0) is 12.3 Å². The molecule has 0 saturated heterocycles. The normalized spacial score (nSPS) is 11.0. The van der Waals surface area contributed by atoms with Gasteiger partial charge in [-0.2, -0.15) is 15.0 Å². The molecule has 0 saturated carbocycles. The van der Waals surface area contributed by atoms with Crippen LogP contribution in [0.1, 0.15) is 11.4 Å². The van der Waals surface area contributed by atoms with Gasteiger partial charge in [0.15, 0.2) is 5.16 Å². The topological polar surface area (TPSA) is 112 Å². The largest absolute Gasteiger partial charge is 0.368 e. The Morgan fingerprint density at radius 1 is 1.23 bits per heavy atom. The van der Waals surface area contributed by atoms with Crippen molar-refractivity contribution in [3.63, 3.8) is 0 Å². The van der Waals surface area contributed by atoms with Crippen molar-refractivity contribution in [2.24, 2.45) is 0 Å². The van der Waals surface area contributed by atoms with Gasteiger partial charge in [0.2, 0.25) is 11.9 Å². The predicted molar refractivity (Wildman–Crippen MR) is 122 cm³/mol. The van der Waals surface area contributed by atoms with E-state index in [0.29, 0.717) is 39.4 Å². The molecule has 0 aliphatic rings. The van der Waals surface area contributed by atoms with Crippen LogP contribution < -0.4 is 16.6 Å². The van der Waals surface area contributed by atoms with Gasteiger partial charge < -0.3 is 11.1 Å². The maximum atomic E-state index is 12.8. The number of allylic oxidation sites excluding steroid dienone is 1. The fourth-order valence-corrected chi connectivity index (χ4v) is 4.52. The minimum Gasteiger partial charge on any atom is -0.368 e. The van der Waals surface area contributed by atoms with Gasteiger partial charge in [-0.15, -0.1) is 17.9 Å². The zero-order valence-corrected chi connectivity index (χ0v) is 17.8. The van der Waals surface area contributed by atoms with E-state index in [1.165, 1.54) is 23.1 Å². The van der Waals surface area contributed by atoms with E-state index in [1.807, 2.05) is 36.6 Å². The molecule has 4 rings (SSSR count). The molecule has 0 fully saturated rings. The number of aromatic nitrogens is 5. The van der Waals surface area contributed by atoms with Crippen molar-refractivity contribution >= 4 is 50.9 Å². The summed E-state index contributed by atoms with van der Waals surface area (Å²) in [7, 11) is 0. The van der Waals surface area contributed by atoms with Crippen LogP contribution in [0.25, 0.3) is 10.2 Å². The number of nitrogens with zero attached hydrogens (tertiary/aromatic N) is 5. The van der Waals surface area contributed by atoms with Gasteiger partial charge in [0, 0.05) is 12.2 Å². The number of para-hydroxylation sites is 1. The number of aryl methyl sites for hydroxylation is 1. The van der Waals surface area contributed by atoms with Crippen LogP contribution in [0.5, 0.6) is 0 Å². The lowest BCUT2D eigenvalue weighted by atomic mass is 10.2. The van der Waals surface area contributed by atoms with Gasteiger partial charge in [0.25, 0.3) is 5.56 Å². The van der Waals surface area contributed by atoms with Gasteiger partial charge in [-0.3, -0.25) is 9.36 Å². The zero-order valence-electron chi connectivity index (χ0n) is 16.2. The summed E-state index contributed by atoms with van der Waals surface area (Å²) < 4.78 is 1.60. The van der Waals surface area contributed by atoms with Crippen LogP contribution in [0.4, 0.5) is 17.6 Å². The monoisotopic (exact) mass is 437 g/mol. The number of fused-ring (bicyclic) bond motifs is 1. The quantitative estimate of drug-likeness (QED) is 0.255. The number of nitrogens with one attached hydrogen (secondary N) is 1. The Hall–Kier alpha value is -3.24. The van der Waals surface area contributed by atoms with Crippen LogP contribution in [-0.4, -0.2) is 24.5 Å². The second kappa shape index (κ2) is 8.64. The molecule has 0 spiro atoms. The molecule has 3 N–H and O–H groups in total. The molecule has 3 aromatic heterocycles. The molecule has 1 aromatic carbocycles. The van der Waals surface area contributed by atoms with Gasteiger partial charge in [-0.25, -0.2) is 4.98 Å². The minimum absolute atomic E-state index is 0.0827. The average Bonchev–Trinajstić information content (AvgIpc) is 3.19. The number of thiophene rings is 1. The lowest BCUT2D eigenvalue weighted by molar-refractivity contribution is 0.672. The molecule has 0 aliphatic carbocycles.